The molecule has 36 heavy (non-hydrogen) atoms. The minimum atomic E-state index is -1.03. The standard InChI is InChI=1S/C28H20N4O3S/c1-31-26(33)25(36-28(31)30-22-10-6-9-18(13-22)27(34)35)14-21-17-32(24-12-5-4-11-23(21)24)16-20-8-3-2-7-19(20)15-29/h2-14,17H,16H2,1H3,(H,34,35). The Hall–Kier alpha value is -4.61. The first-order valence-corrected chi connectivity index (χ1v) is 11.9. The smallest absolute Gasteiger partial charge is 0.335 e. The molecule has 176 valence electrons. The van der Waals surface area contributed by atoms with Gasteiger partial charge in [-0.1, -0.05) is 42.5 Å². The van der Waals surface area contributed by atoms with Gasteiger partial charge in [-0.25, -0.2) is 9.79 Å². The highest BCUT2D eigenvalue weighted by atomic mass is 32.2. The molecule has 7 nitrogen and oxygen atoms in total. The van der Waals surface area contributed by atoms with Crippen LogP contribution in [0.25, 0.3) is 17.0 Å². The van der Waals surface area contributed by atoms with Crippen molar-refractivity contribution in [2.24, 2.45) is 4.99 Å². The number of fused-ring (bicyclic) bond motifs is 1. The highest BCUT2D eigenvalue weighted by Crippen LogP contribution is 2.35. The van der Waals surface area contributed by atoms with E-state index in [-0.39, 0.29) is 11.5 Å². The fourth-order valence-corrected chi connectivity index (χ4v) is 5.06. The molecule has 2 heterocycles. The van der Waals surface area contributed by atoms with Gasteiger partial charge in [0, 0.05) is 36.3 Å². The normalized spacial score (nSPS) is 15.7. The van der Waals surface area contributed by atoms with E-state index in [0.717, 1.165) is 22.0 Å². The van der Waals surface area contributed by atoms with Gasteiger partial charge in [0.15, 0.2) is 5.17 Å². The van der Waals surface area contributed by atoms with E-state index in [0.29, 0.717) is 27.9 Å². The lowest BCUT2D eigenvalue weighted by Crippen LogP contribution is -2.23. The number of carbonyl (C=O) groups is 2. The molecule has 0 aliphatic carbocycles. The van der Waals surface area contributed by atoms with E-state index >= 15 is 0 Å². The molecule has 1 aliphatic heterocycles. The van der Waals surface area contributed by atoms with Crippen LogP contribution >= 0.6 is 11.8 Å². The van der Waals surface area contributed by atoms with E-state index in [2.05, 4.69) is 15.6 Å². The molecule has 0 spiro atoms. The molecule has 1 N–H and O–H groups in total. The Morgan fingerprint density at radius 1 is 1.11 bits per heavy atom. The predicted octanol–water partition coefficient (Wildman–Crippen LogP) is 5.49. The van der Waals surface area contributed by atoms with Gasteiger partial charge in [-0.2, -0.15) is 5.26 Å². The first kappa shape index (κ1) is 23.1. The van der Waals surface area contributed by atoms with Gasteiger partial charge in [0.05, 0.1) is 27.8 Å². The Bertz CT molecular complexity index is 1630. The van der Waals surface area contributed by atoms with Crippen molar-refractivity contribution >= 4 is 51.5 Å². The number of carboxylic acids is 1. The van der Waals surface area contributed by atoms with Crippen molar-refractivity contribution < 1.29 is 14.7 Å². The molecular formula is C28H20N4O3S. The fraction of sp³-hybridized carbons (Fsp3) is 0.0714. The Morgan fingerprint density at radius 2 is 1.89 bits per heavy atom. The molecule has 1 aromatic heterocycles. The molecular weight excluding hydrogens is 472 g/mol. The number of amidine groups is 1. The van der Waals surface area contributed by atoms with Gasteiger partial charge in [0.2, 0.25) is 0 Å². The minimum Gasteiger partial charge on any atom is -0.478 e. The average Bonchev–Trinajstić information content (AvgIpc) is 3.36. The fourth-order valence-electron chi connectivity index (χ4n) is 4.08. The van der Waals surface area contributed by atoms with Gasteiger partial charge < -0.3 is 9.67 Å². The highest BCUT2D eigenvalue weighted by Gasteiger charge is 2.30. The Balaban J connectivity index is 1.50. The first-order valence-electron chi connectivity index (χ1n) is 11.1. The van der Waals surface area contributed by atoms with E-state index in [1.807, 2.05) is 54.7 Å². The Morgan fingerprint density at radius 3 is 2.69 bits per heavy atom. The topological polar surface area (TPSA) is 98.7 Å². The van der Waals surface area contributed by atoms with Crippen LogP contribution in [0.5, 0.6) is 0 Å². The summed E-state index contributed by atoms with van der Waals surface area (Å²) < 4.78 is 2.08. The monoisotopic (exact) mass is 492 g/mol. The molecule has 0 saturated carbocycles. The lowest BCUT2D eigenvalue weighted by molar-refractivity contribution is -0.121. The average molecular weight is 493 g/mol. The molecule has 0 unspecified atom stereocenters. The molecule has 1 aliphatic rings. The van der Waals surface area contributed by atoms with Crippen molar-refractivity contribution in [3.05, 3.63) is 106 Å². The summed E-state index contributed by atoms with van der Waals surface area (Å²) in [5.41, 5.74) is 4.04. The van der Waals surface area contributed by atoms with Gasteiger partial charge in [0.25, 0.3) is 5.91 Å². The molecule has 0 bridgehead atoms. The van der Waals surface area contributed by atoms with E-state index in [1.165, 1.54) is 28.8 Å². The van der Waals surface area contributed by atoms with Crippen molar-refractivity contribution in [2.45, 2.75) is 6.54 Å². The van der Waals surface area contributed by atoms with Crippen LogP contribution < -0.4 is 0 Å². The summed E-state index contributed by atoms with van der Waals surface area (Å²) >= 11 is 1.25. The van der Waals surface area contributed by atoms with Crippen molar-refractivity contribution in [1.29, 1.82) is 5.26 Å². The maximum absolute atomic E-state index is 13.0. The summed E-state index contributed by atoms with van der Waals surface area (Å²) in [4.78, 5) is 30.8. The lowest BCUT2D eigenvalue weighted by Gasteiger charge is -2.07. The van der Waals surface area contributed by atoms with E-state index in [1.54, 1.807) is 25.2 Å². The van der Waals surface area contributed by atoms with Crippen LogP contribution in [0.2, 0.25) is 0 Å². The second-order valence-corrected chi connectivity index (χ2v) is 9.23. The summed E-state index contributed by atoms with van der Waals surface area (Å²) in [6.07, 6.45) is 3.85. The summed E-state index contributed by atoms with van der Waals surface area (Å²) in [7, 11) is 1.65. The molecule has 0 radical (unpaired) electrons. The third-order valence-corrected chi connectivity index (χ3v) is 6.97. The number of nitrogens with zero attached hydrogens (tertiary/aromatic N) is 4. The van der Waals surface area contributed by atoms with Crippen molar-refractivity contribution in [1.82, 2.24) is 9.47 Å². The summed E-state index contributed by atoms with van der Waals surface area (Å²) in [5, 5.41) is 20.2. The number of hydrogen-bond donors (Lipinski definition) is 1. The number of thioether (sulfide) groups is 1. The van der Waals surface area contributed by atoms with Crippen molar-refractivity contribution in [2.75, 3.05) is 7.05 Å². The number of amides is 1. The van der Waals surface area contributed by atoms with Crippen molar-refractivity contribution in [3.8, 4) is 6.07 Å². The van der Waals surface area contributed by atoms with Crippen LogP contribution in [0, 0.1) is 11.3 Å². The number of carboxylic acid groups (broad SMARTS) is 1. The molecule has 1 saturated heterocycles. The molecule has 0 atom stereocenters. The number of rotatable bonds is 5. The van der Waals surface area contributed by atoms with Gasteiger partial charge in [0.1, 0.15) is 0 Å². The molecule has 5 rings (SSSR count). The second kappa shape index (κ2) is 9.56. The predicted molar refractivity (Wildman–Crippen MR) is 141 cm³/mol. The number of para-hydroxylation sites is 1. The number of nitriles is 1. The number of carbonyl (C=O) groups excluding carboxylic acids is 1. The summed E-state index contributed by atoms with van der Waals surface area (Å²) in [6, 6.07) is 24.0. The maximum atomic E-state index is 13.0. The van der Waals surface area contributed by atoms with Crippen LogP contribution in [0.3, 0.4) is 0 Å². The molecule has 3 aromatic carbocycles. The minimum absolute atomic E-state index is 0.135. The largest absolute Gasteiger partial charge is 0.478 e. The van der Waals surface area contributed by atoms with Crippen LogP contribution in [-0.2, 0) is 11.3 Å². The van der Waals surface area contributed by atoms with Gasteiger partial charge >= 0.3 is 5.97 Å². The quantitative estimate of drug-likeness (QED) is 0.371. The van der Waals surface area contributed by atoms with Crippen LogP contribution in [0.4, 0.5) is 5.69 Å². The number of aromatic nitrogens is 1. The molecule has 1 amide bonds. The number of likely N-dealkylation sites (N-methyl/N-ethyl adjacent to an activating group) is 1. The van der Waals surface area contributed by atoms with Gasteiger partial charge in [-0.3, -0.25) is 9.69 Å². The molecule has 4 aromatic rings. The number of benzene rings is 3. The third kappa shape index (κ3) is 4.40. The maximum Gasteiger partial charge on any atom is 0.335 e. The molecule has 1 fully saturated rings. The lowest BCUT2D eigenvalue weighted by atomic mass is 10.1. The van der Waals surface area contributed by atoms with Gasteiger partial charge in [-0.05, 0) is 53.7 Å². The van der Waals surface area contributed by atoms with Gasteiger partial charge in [-0.15, -0.1) is 0 Å². The first-order chi connectivity index (χ1) is 17.4. The highest BCUT2D eigenvalue weighted by molar-refractivity contribution is 8.18. The summed E-state index contributed by atoms with van der Waals surface area (Å²) in [5.74, 6) is -1.21. The molecule has 8 heteroatoms. The van der Waals surface area contributed by atoms with Crippen LogP contribution in [0.1, 0.15) is 27.0 Å². The number of aliphatic imine (C=N–C) groups is 1. The van der Waals surface area contributed by atoms with E-state index in [9.17, 15) is 20.0 Å². The number of hydrogen-bond acceptors (Lipinski definition) is 5. The SMILES string of the molecule is CN1C(=O)C(=Cc2cn(Cc3ccccc3C#N)c3ccccc23)SC1=Nc1cccc(C(=O)O)c1. The Kier molecular flexibility index (Phi) is 6.15. The van der Waals surface area contributed by atoms with E-state index < -0.39 is 5.97 Å². The second-order valence-electron chi connectivity index (χ2n) is 8.22. The number of aromatic carboxylic acids is 1. The van der Waals surface area contributed by atoms with Crippen LogP contribution in [0.15, 0.2) is 88.9 Å². The Labute approximate surface area is 211 Å². The third-order valence-electron chi connectivity index (χ3n) is 5.91. The summed E-state index contributed by atoms with van der Waals surface area (Å²) in [6.45, 7) is 0.529. The zero-order valence-electron chi connectivity index (χ0n) is 19.3. The van der Waals surface area contributed by atoms with Crippen molar-refractivity contribution in [3.63, 3.8) is 0 Å². The zero-order valence-corrected chi connectivity index (χ0v) is 20.1. The van der Waals surface area contributed by atoms with Crippen LogP contribution in [-0.4, -0.2) is 38.7 Å². The zero-order chi connectivity index (χ0) is 25.2. The van der Waals surface area contributed by atoms with E-state index in [4.69, 9.17) is 0 Å².